The Morgan fingerprint density at radius 1 is 1.33 bits per heavy atom. The highest BCUT2D eigenvalue weighted by Crippen LogP contribution is 2.32. The molecule has 33 heavy (non-hydrogen) atoms. The Kier molecular flexibility index (Phi) is 6.59. The Hall–Kier alpha value is -3.08. The highest BCUT2D eigenvalue weighted by molar-refractivity contribution is 7.21. The summed E-state index contributed by atoms with van der Waals surface area (Å²) in [6.45, 7) is 2.68. The van der Waals surface area contributed by atoms with Crippen molar-refractivity contribution >= 4 is 38.4 Å². The fourth-order valence-electron chi connectivity index (χ4n) is 4.03. The minimum absolute atomic E-state index is 0.0628. The molecule has 1 aromatic carbocycles. The molecule has 1 N–H and O–H groups in total. The third-order valence-electron chi connectivity index (χ3n) is 5.74. The third kappa shape index (κ3) is 4.54. The Labute approximate surface area is 193 Å². The molecule has 1 saturated heterocycles. The summed E-state index contributed by atoms with van der Waals surface area (Å²) in [7, 11) is 3.92. The quantitative estimate of drug-likeness (QED) is 0.564. The first kappa shape index (κ1) is 23.1. The van der Waals surface area contributed by atoms with Gasteiger partial charge in [-0.25, -0.2) is 18.7 Å². The standard InChI is InChI=1S/C22H26F2N6O2S/c1-4-29-18(17(23)24)27-20-16(21(29)32)26-22(33-20)30-10-6-9-15(30)19(31)25-12-13-7-5-8-14(11-13)28(2)3/h5,7-8,11,15,17H,4,6,9-10,12H2,1-3H3,(H,25,31)/t15-/m1/s1. The van der Waals surface area contributed by atoms with E-state index in [9.17, 15) is 18.4 Å². The van der Waals surface area contributed by atoms with Crippen LogP contribution in [0.25, 0.3) is 10.3 Å². The number of hydrogen-bond acceptors (Lipinski definition) is 7. The van der Waals surface area contributed by atoms with Gasteiger partial charge in [-0.2, -0.15) is 0 Å². The van der Waals surface area contributed by atoms with Crippen LogP contribution in [0.3, 0.4) is 0 Å². The van der Waals surface area contributed by atoms with E-state index in [4.69, 9.17) is 0 Å². The smallest absolute Gasteiger partial charge is 0.295 e. The monoisotopic (exact) mass is 476 g/mol. The van der Waals surface area contributed by atoms with E-state index in [1.807, 2.05) is 48.2 Å². The van der Waals surface area contributed by atoms with Gasteiger partial charge in [-0.1, -0.05) is 23.5 Å². The van der Waals surface area contributed by atoms with Gasteiger partial charge in [0.25, 0.3) is 12.0 Å². The molecule has 1 amide bonds. The molecule has 0 aliphatic carbocycles. The molecule has 1 fully saturated rings. The SMILES string of the molecule is CCn1c(C(F)F)nc2sc(N3CCC[C@@H]3C(=O)NCc3cccc(N(C)C)c3)nc2c1=O. The number of thiazole rings is 1. The maximum absolute atomic E-state index is 13.4. The molecule has 3 heterocycles. The van der Waals surface area contributed by atoms with Crippen LogP contribution in [0.5, 0.6) is 0 Å². The Morgan fingerprint density at radius 2 is 2.12 bits per heavy atom. The number of benzene rings is 1. The number of amides is 1. The zero-order valence-corrected chi connectivity index (χ0v) is 19.5. The Balaban J connectivity index is 1.55. The minimum atomic E-state index is -2.86. The fraction of sp³-hybridized carbons (Fsp3) is 0.455. The van der Waals surface area contributed by atoms with E-state index in [0.717, 1.165) is 33.6 Å². The van der Waals surface area contributed by atoms with Crippen LogP contribution in [-0.4, -0.2) is 47.1 Å². The number of aromatic nitrogens is 3. The van der Waals surface area contributed by atoms with Crippen molar-refractivity contribution in [3.8, 4) is 0 Å². The predicted octanol–water partition coefficient (Wildman–Crippen LogP) is 3.16. The second kappa shape index (κ2) is 9.42. The number of nitrogens with zero attached hydrogens (tertiary/aromatic N) is 5. The number of nitrogens with one attached hydrogen (secondary N) is 1. The molecule has 1 atom stereocenters. The van der Waals surface area contributed by atoms with Crippen molar-refractivity contribution < 1.29 is 13.6 Å². The van der Waals surface area contributed by atoms with Crippen molar-refractivity contribution in [2.75, 3.05) is 30.4 Å². The topological polar surface area (TPSA) is 83.4 Å². The molecular formula is C22H26F2N6O2S. The molecule has 0 saturated carbocycles. The second-order valence-electron chi connectivity index (χ2n) is 8.10. The molecule has 3 aromatic rings. The average molecular weight is 477 g/mol. The summed E-state index contributed by atoms with van der Waals surface area (Å²) in [6.07, 6.45) is -1.42. The molecule has 11 heteroatoms. The van der Waals surface area contributed by atoms with E-state index in [0.29, 0.717) is 24.6 Å². The van der Waals surface area contributed by atoms with Gasteiger partial charge in [0.15, 0.2) is 21.3 Å². The zero-order valence-electron chi connectivity index (χ0n) is 18.7. The van der Waals surface area contributed by atoms with Crippen LogP contribution in [-0.2, 0) is 17.9 Å². The molecule has 0 unspecified atom stereocenters. The Bertz CT molecular complexity index is 1230. The largest absolute Gasteiger partial charge is 0.378 e. The second-order valence-corrected chi connectivity index (χ2v) is 9.06. The van der Waals surface area contributed by atoms with Crippen molar-refractivity contribution in [2.24, 2.45) is 0 Å². The molecular weight excluding hydrogens is 450 g/mol. The van der Waals surface area contributed by atoms with Gasteiger partial charge in [0, 0.05) is 39.4 Å². The molecule has 0 spiro atoms. The summed E-state index contributed by atoms with van der Waals surface area (Å²) >= 11 is 1.07. The van der Waals surface area contributed by atoms with Crippen LogP contribution in [0.4, 0.5) is 19.6 Å². The average Bonchev–Trinajstić information content (AvgIpc) is 3.44. The van der Waals surface area contributed by atoms with Gasteiger partial charge in [0.1, 0.15) is 6.04 Å². The first-order valence-corrected chi connectivity index (χ1v) is 11.6. The van der Waals surface area contributed by atoms with Gasteiger partial charge in [0.05, 0.1) is 0 Å². The van der Waals surface area contributed by atoms with Crippen molar-refractivity contribution in [1.82, 2.24) is 19.9 Å². The molecule has 1 aliphatic rings. The van der Waals surface area contributed by atoms with Gasteiger partial charge in [0.2, 0.25) is 5.91 Å². The number of carbonyl (C=O) groups excluding carboxylic acids is 1. The summed E-state index contributed by atoms with van der Waals surface area (Å²) in [5.41, 5.74) is 1.52. The molecule has 0 radical (unpaired) electrons. The third-order valence-corrected chi connectivity index (χ3v) is 6.73. The summed E-state index contributed by atoms with van der Waals surface area (Å²) in [4.78, 5) is 38.1. The maximum atomic E-state index is 13.4. The molecule has 176 valence electrons. The lowest BCUT2D eigenvalue weighted by molar-refractivity contribution is -0.122. The van der Waals surface area contributed by atoms with Crippen LogP contribution in [0.2, 0.25) is 0 Å². The summed E-state index contributed by atoms with van der Waals surface area (Å²) < 4.78 is 27.7. The van der Waals surface area contributed by atoms with Crippen molar-refractivity contribution in [2.45, 2.75) is 45.3 Å². The number of carbonyl (C=O) groups is 1. The van der Waals surface area contributed by atoms with E-state index in [1.54, 1.807) is 6.92 Å². The van der Waals surface area contributed by atoms with Crippen molar-refractivity contribution in [3.05, 3.63) is 46.0 Å². The molecule has 8 nitrogen and oxygen atoms in total. The van der Waals surface area contributed by atoms with Gasteiger partial charge < -0.3 is 15.1 Å². The van der Waals surface area contributed by atoms with E-state index in [-0.39, 0.29) is 22.8 Å². The number of fused-ring (bicyclic) bond motifs is 1. The number of anilines is 2. The first-order chi connectivity index (χ1) is 15.8. The van der Waals surface area contributed by atoms with Gasteiger partial charge in [-0.05, 0) is 37.5 Å². The van der Waals surface area contributed by atoms with E-state index in [1.165, 1.54) is 0 Å². The lowest BCUT2D eigenvalue weighted by Gasteiger charge is -2.23. The summed E-state index contributed by atoms with van der Waals surface area (Å²) in [5.74, 6) is -0.685. The molecule has 4 rings (SSSR count). The Morgan fingerprint density at radius 3 is 2.82 bits per heavy atom. The first-order valence-electron chi connectivity index (χ1n) is 10.8. The highest BCUT2D eigenvalue weighted by atomic mass is 32.1. The van der Waals surface area contributed by atoms with Crippen molar-refractivity contribution in [1.29, 1.82) is 0 Å². The van der Waals surface area contributed by atoms with E-state index < -0.39 is 23.9 Å². The van der Waals surface area contributed by atoms with E-state index in [2.05, 4.69) is 15.3 Å². The molecule has 2 aromatic heterocycles. The van der Waals surface area contributed by atoms with Gasteiger partial charge in [-0.3, -0.25) is 14.2 Å². The van der Waals surface area contributed by atoms with Crippen molar-refractivity contribution in [3.63, 3.8) is 0 Å². The number of halogens is 2. The van der Waals surface area contributed by atoms with Crippen LogP contribution >= 0.6 is 11.3 Å². The normalized spacial score (nSPS) is 16.1. The number of rotatable bonds is 7. The van der Waals surface area contributed by atoms with Crippen LogP contribution in [0.15, 0.2) is 29.1 Å². The van der Waals surface area contributed by atoms with E-state index >= 15 is 0 Å². The molecule has 0 bridgehead atoms. The summed E-state index contributed by atoms with van der Waals surface area (Å²) in [6, 6.07) is 7.48. The lowest BCUT2D eigenvalue weighted by atomic mass is 10.1. The lowest BCUT2D eigenvalue weighted by Crippen LogP contribution is -2.43. The van der Waals surface area contributed by atoms with Gasteiger partial charge >= 0.3 is 0 Å². The van der Waals surface area contributed by atoms with Gasteiger partial charge in [-0.15, -0.1) is 0 Å². The summed E-state index contributed by atoms with van der Waals surface area (Å²) in [5, 5.41) is 3.45. The zero-order chi connectivity index (χ0) is 23.7. The number of hydrogen-bond donors (Lipinski definition) is 1. The predicted molar refractivity (Wildman–Crippen MR) is 125 cm³/mol. The minimum Gasteiger partial charge on any atom is -0.378 e. The fourth-order valence-corrected chi connectivity index (χ4v) is 5.04. The number of alkyl halides is 2. The molecule has 1 aliphatic heterocycles. The van der Waals surface area contributed by atoms with Crippen LogP contribution in [0.1, 0.15) is 37.6 Å². The maximum Gasteiger partial charge on any atom is 0.295 e. The van der Waals surface area contributed by atoms with Crippen LogP contribution in [0, 0.1) is 0 Å². The van der Waals surface area contributed by atoms with Crippen LogP contribution < -0.4 is 20.7 Å². The highest BCUT2D eigenvalue weighted by Gasteiger charge is 2.33.